The zero-order valence-electron chi connectivity index (χ0n) is 35.8. The minimum Gasteiger partial charge on any atom is -0.466 e. The molecule has 0 radical (unpaired) electrons. The molecule has 0 bridgehead atoms. The lowest BCUT2D eigenvalue weighted by molar-refractivity contribution is -0.154. The normalized spacial score (nSPS) is 11.9. The lowest BCUT2D eigenvalue weighted by Crippen LogP contribution is -2.28. The topological polar surface area (TPSA) is 76.1 Å². The molecule has 52 heavy (non-hydrogen) atoms. The van der Waals surface area contributed by atoms with Gasteiger partial charge in [-0.3, -0.25) is 9.59 Å². The van der Waals surface area contributed by atoms with Crippen LogP contribution < -0.4 is 0 Å². The van der Waals surface area contributed by atoms with Gasteiger partial charge in [-0.15, -0.1) is 0 Å². The van der Waals surface area contributed by atoms with Crippen molar-refractivity contribution >= 4 is 11.9 Å². The predicted molar refractivity (Wildman–Crippen MR) is 223 cm³/mol. The van der Waals surface area contributed by atoms with Crippen LogP contribution in [0, 0.1) is 11.3 Å². The molecular formula is C46H91NO5. The molecule has 6 heteroatoms. The Morgan fingerprint density at radius 2 is 0.981 bits per heavy atom. The number of unbranched alkanes of at least 4 members (excludes halogenated alkanes) is 20. The molecule has 6 nitrogen and oxygen atoms in total. The fraction of sp³-hybridized carbons (Fsp3) is 0.957. The van der Waals surface area contributed by atoms with E-state index in [-0.39, 0.29) is 18.5 Å². The van der Waals surface area contributed by atoms with E-state index in [9.17, 15) is 14.7 Å². The Morgan fingerprint density at radius 1 is 0.519 bits per heavy atom. The summed E-state index contributed by atoms with van der Waals surface area (Å²) in [5.74, 6) is 0.654. The molecule has 0 aromatic rings. The summed E-state index contributed by atoms with van der Waals surface area (Å²) in [5.41, 5.74) is -0.415. The molecule has 310 valence electrons. The Labute approximate surface area is 324 Å². The number of esters is 2. The Balaban J connectivity index is 4.17. The summed E-state index contributed by atoms with van der Waals surface area (Å²) in [6.45, 7) is 15.6. The monoisotopic (exact) mass is 738 g/mol. The molecule has 1 N–H and O–H groups in total. The molecule has 0 atom stereocenters. The van der Waals surface area contributed by atoms with Crippen LogP contribution in [0.15, 0.2) is 0 Å². The van der Waals surface area contributed by atoms with E-state index in [0.717, 1.165) is 77.4 Å². The van der Waals surface area contributed by atoms with Gasteiger partial charge in [-0.2, -0.15) is 0 Å². The molecular weight excluding hydrogens is 647 g/mol. The highest BCUT2D eigenvalue weighted by atomic mass is 16.5. The molecule has 0 amide bonds. The molecule has 0 aliphatic carbocycles. The van der Waals surface area contributed by atoms with Gasteiger partial charge >= 0.3 is 11.9 Å². The number of carbonyl (C=O) groups is 2. The summed E-state index contributed by atoms with van der Waals surface area (Å²) < 4.78 is 11.3. The van der Waals surface area contributed by atoms with Crippen LogP contribution in [0.2, 0.25) is 0 Å². The summed E-state index contributed by atoms with van der Waals surface area (Å²) in [7, 11) is 0. The number of hydrogen-bond donors (Lipinski definition) is 1. The van der Waals surface area contributed by atoms with Crippen molar-refractivity contribution in [3.63, 3.8) is 0 Å². The molecule has 0 rings (SSSR count). The average Bonchev–Trinajstić information content (AvgIpc) is 3.13. The largest absolute Gasteiger partial charge is 0.466 e. The zero-order valence-corrected chi connectivity index (χ0v) is 35.8. The van der Waals surface area contributed by atoms with Crippen molar-refractivity contribution in [2.45, 2.75) is 234 Å². The van der Waals surface area contributed by atoms with Gasteiger partial charge in [0.15, 0.2) is 0 Å². The van der Waals surface area contributed by atoms with Crippen molar-refractivity contribution in [3.05, 3.63) is 0 Å². The van der Waals surface area contributed by atoms with Gasteiger partial charge in [0.25, 0.3) is 0 Å². The highest BCUT2D eigenvalue weighted by Gasteiger charge is 2.28. The van der Waals surface area contributed by atoms with Crippen molar-refractivity contribution in [2.75, 3.05) is 39.5 Å². The fourth-order valence-electron chi connectivity index (χ4n) is 7.26. The summed E-state index contributed by atoms with van der Waals surface area (Å²) in [5, 5.41) is 9.28. The maximum atomic E-state index is 13.0. The molecule has 0 aromatic carbocycles. The van der Waals surface area contributed by atoms with E-state index >= 15 is 0 Å². The van der Waals surface area contributed by atoms with Crippen molar-refractivity contribution < 1.29 is 24.2 Å². The zero-order chi connectivity index (χ0) is 38.4. The Bertz CT molecular complexity index is 760. The van der Waals surface area contributed by atoms with Crippen molar-refractivity contribution in [3.8, 4) is 0 Å². The van der Waals surface area contributed by atoms with Crippen LogP contribution in [0.25, 0.3) is 0 Å². The second-order valence-corrected chi connectivity index (χ2v) is 16.7. The second kappa shape index (κ2) is 38.1. The number of aliphatic hydroxyl groups is 1. The van der Waals surface area contributed by atoms with Crippen LogP contribution in [0.4, 0.5) is 0 Å². The molecule has 0 saturated heterocycles. The van der Waals surface area contributed by atoms with Crippen LogP contribution in [-0.4, -0.2) is 61.4 Å². The van der Waals surface area contributed by atoms with E-state index in [1.54, 1.807) is 0 Å². The molecule has 0 fully saturated rings. The number of nitrogens with zero attached hydrogens (tertiary/aromatic N) is 1. The third kappa shape index (κ3) is 33.4. The van der Waals surface area contributed by atoms with Gasteiger partial charge in [-0.05, 0) is 90.8 Å². The Hall–Kier alpha value is -1.14. The quantitative estimate of drug-likeness (QED) is 0.0497. The van der Waals surface area contributed by atoms with E-state index in [0.29, 0.717) is 25.6 Å². The van der Waals surface area contributed by atoms with Gasteiger partial charge in [0.1, 0.15) is 0 Å². The first-order valence-electron chi connectivity index (χ1n) is 23.0. The first kappa shape index (κ1) is 50.9. The second-order valence-electron chi connectivity index (χ2n) is 16.7. The summed E-state index contributed by atoms with van der Waals surface area (Å²) in [6, 6.07) is 0. The Kier molecular flexibility index (Phi) is 37.3. The molecule has 0 saturated carbocycles. The van der Waals surface area contributed by atoms with Crippen LogP contribution in [0.1, 0.15) is 234 Å². The van der Waals surface area contributed by atoms with Gasteiger partial charge < -0.3 is 19.5 Å². The van der Waals surface area contributed by atoms with Gasteiger partial charge in [-0.25, -0.2) is 0 Å². The predicted octanol–water partition coefficient (Wildman–Crippen LogP) is 13.2. The van der Waals surface area contributed by atoms with Gasteiger partial charge in [-0.1, -0.05) is 162 Å². The number of hydrogen-bond acceptors (Lipinski definition) is 6. The van der Waals surface area contributed by atoms with E-state index in [2.05, 4.69) is 39.5 Å². The van der Waals surface area contributed by atoms with Gasteiger partial charge in [0.05, 0.1) is 18.6 Å². The first-order chi connectivity index (χ1) is 25.3. The molecule has 0 heterocycles. The standard InChI is InChI=1S/C46H91NO5/c1-6-9-12-15-16-22-31-41-51-44(49)34-25-18-17-20-27-37-47(39-29-30-40-48)38-28-21-19-26-36-46(4,5)45(50)52-42-35-43(32-23-13-10-7-2)33-24-14-11-8-3/h43,48H,6-42H2,1-5H3. The highest BCUT2D eigenvalue weighted by molar-refractivity contribution is 5.75. The number of carbonyl (C=O) groups excluding carboxylic acids is 2. The lowest BCUT2D eigenvalue weighted by atomic mass is 9.87. The van der Waals surface area contributed by atoms with Crippen LogP contribution in [-0.2, 0) is 19.1 Å². The lowest BCUT2D eigenvalue weighted by Gasteiger charge is -2.24. The number of aliphatic hydroxyl groups excluding tert-OH is 1. The van der Waals surface area contributed by atoms with Crippen molar-refractivity contribution in [1.82, 2.24) is 4.90 Å². The van der Waals surface area contributed by atoms with E-state index < -0.39 is 5.41 Å². The summed E-state index contributed by atoms with van der Waals surface area (Å²) in [6.07, 6.45) is 36.3. The van der Waals surface area contributed by atoms with Crippen LogP contribution in [0.3, 0.4) is 0 Å². The van der Waals surface area contributed by atoms with Gasteiger partial charge in [0, 0.05) is 13.0 Å². The number of ether oxygens (including phenoxy) is 2. The van der Waals surface area contributed by atoms with E-state index in [4.69, 9.17) is 9.47 Å². The Morgan fingerprint density at radius 3 is 1.54 bits per heavy atom. The average molecular weight is 738 g/mol. The maximum Gasteiger partial charge on any atom is 0.311 e. The van der Waals surface area contributed by atoms with Crippen LogP contribution >= 0.6 is 0 Å². The third-order valence-electron chi connectivity index (χ3n) is 11.0. The highest BCUT2D eigenvalue weighted by Crippen LogP contribution is 2.27. The molecule has 0 unspecified atom stereocenters. The van der Waals surface area contributed by atoms with E-state index in [1.807, 2.05) is 0 Å². The third-order valence-corrected chi connectivity index (χ3v) is 11.0. The molecule has 0 aliphatic rings. The molecule has 0 spiro atoms. The molecule has 0 aliphatic heterocycles. The van der Waals surface area contributed by atoms with E-state index in [1.165, 1.54) is 135 Å². The first-order valence-corrected chi connectivity index (χ1v) is 23.0. The molecule has 0 aromatic heterocycles. The maximum absolute atomic E-state index is 13.0. The fourth-order valence-corrected chi connectivity index (χ4v) is 7.26. The smallest absolute Gasteiger partial charge is 0.311 e. The SMILES string of the molecule is CCCCCCCCCOC(=O)CCCCCCCN(CCCCO)CCCCCCC(C)(C)C(=O)OCCC(CCCCCC)CCCCCC. The summed E-state index contributed by atoms with van der Waals surface area (Å²) >= 11 is 0. The van der Waals surface area contributed by atoms with Crippen LogP contribution in [0.5, 0.6) is 0 Å². The summed E-state index contributed by atoms with van der Waals surface area (Å²) in [4.78, 5) is 27.6. The van der Waals surface area contributed by atoms with Gasteiger partial charge in [0.2, 0.25) is 0 Å². The van der Waals surface area contributed by atoms with Crippen molar-refractivity contribution in [2.24, 2.45) is 11.3 Å². The minimum absolute atomic E-state index is 0.0167. The number of rotatable bonds is 41. The van der Waals surface area contributed by atoms with Crippen molar-refractivity contribution in [1.29, 1.82) is 0 Å². The minimum atomic E-state index is -0.415.